The van der Waals surface area contributed by atoms with Gasteiger partial charge in [0.05, 0.1) is 17.9 Å². The number of nitrogens with zero attached hydrogens (tertiary/aromatic N) is 1. The molecule has 0 aliphatic carbocycles. The van der Waals surface area contributed by atoms with Crippen LogP contribution >= 0.6 is 0 Å². The number of carbonyl (C=O) groups is 1. The van der Waals surface area contributed by atoms with Gasteiger partial charge in [0.2, 0.25) is 0 Å². The molecule has 1 aromatic carbocycles. The van der Waals surface area contributed by atoms with Gasteiger partial charge in [0.15, 0.2) is 0 Å². The number of rotatable bonds is 5. The van der Waals surface area contributed by atoms with Crippen LogP contribution < -0.4 is 10.1 Å². The van der Waals surface area contributed by atoms with Gasteiger partial charge in [-0.25, -0.2) is 9.79 Å². The molecule has 0 saturated heterocycles. The zero-order valence-electron chi connectivity index (χ0n) is 20.9. The van der Waals surface area contributed by atoms with E-state index in [1.807, 2.05) is 65.8 Å². The number of carbonyl (C=O) groups excluding carboxylic acids is 1. The summed E-state index contributed by atoms with van der Waals surface area (Å²) >= 11 is 0. The summed E-state index contributed by atoms with van der Waals surface area (Å²) in [4.78, 5) is 20.5. The number of hydrogen-bond donors (Lipinski definition) is 2. The van der Waals surface area contributed by atoms with Gasteiger partial charge in [0.25, 0.3) is 0 Å². The number of anilines is 1. The molecule has 0 bridgehead atoms. The second-order valence-electron chi connectivity index (χ2n) is 10.0. The second kappa shape index (κ2) is 9.05. The zero-order chi connectivity index (χ0) is 24.6. The summed E-state index contributed by atoms with van der Waals surface area (Å²) < 4.78 is 16.9. The first-order valence-electron chi connectivity index (χ1n) is 11.6. The van der Waals surface area contributed by atoms with Gasteiger partial charge in [-0.3, -0.25) is 0 Å². The minimum atomic E-state index is -0.711. The smallest absolute Gasteiger partial charge is 0.489 e. The Morgan fingerprint density at radius 2 is 2.00 bits per heavy atom. The molecule has 7 nitrogen and oxygen atoms in total. The van der Waals surface area contributed by atoms with Crippen molar-refractivity contribution in [2.75, 3.05) is 5.32 Å². The Labute approximate surface area is 200 Å². The maximum Gasteiger partial charge on any atom is 0.514 e. The van der Waals surface area contributed by atoms with Gasteiger partial charge in [-0.15, -0.1) is 0 Å². The molecule has 1 atom stereocenters. The number of benzene rings is 1. The summed E-state index contributed by atoms with van der Waals surface area (Å²) in [6, 6.07) is 7.66. The van der Waals surface area contributed by atoms with Gasteiger partial charge in [0.1, 0.15) is 22.8 Å². The highest BCUT2D eigenvalue weighted by Gasteiger charge is 2.31. The van der Waals surface area contributed by atoms with E-state index in [9.17, 15) is 4.79 Å². The number of H-pyrrole nitrogens is 1. The average Bonchev–Trinajstić information content (AvgIpc) is 3.38. The van der Waals surface area contributed by atoms with Crippen LogP contribution in [0.15, 0.2) is 46.8 Å². The number of fused-ring (bicyclic) bond motifs is 1. The molecule has 34 heavy (non-hydrogen) atoms. The lowest BCUT2D eigenvalue weighted by molar-refractivity contribution is 0.0204. The molecule has 1 unspecified atom stereocenters. The molecule has 2 aliphatic rings. The summed E-state index contributed by atoms with van der Waals surface area (Å²) in [6.07, 6.45) is 3.97. The number of ether oxygens (including phenoxy) is 3. The van der Waals surface area contributed by atoms with E-state index in [1.165, 1.54) is 0 Å². The zero-order valence-corrected chi connectivity index (χ0v) is 20.9. The molecule has 3 heterocycles. The van der Waals surface area contributed by atoms with Crippen molar-refractivity contribution < 1.29 is 19.0 Å². The topological polar surface area (TPSA) is 84.9 Å². The van der Waals surface area contributed by atoms with Crippen LogP contribution in [0.3, 0.4) is 0 Å². The monoisotopic (exact) mass is 463 g/mol. The highest BCUT2D eigenvalue weighted by Crippen LogP contribution is 2.36. The predicted octanol–water partition coefficient (Wildman–Crippen LogP) is 6.09. The molecule has 0 amide bonds. The van der Waals surface area contributed by atoms with E-state index in [-0.39, 0.29) is 12.1 Å². The second-order valence-corrected chi connectivity index (χ2v) is 10.0. The molecule has 2 N–H and O–H groups in total. The summed E-state index contributed by atoms with van der Waals surface area (Å²) in [5.41, 5.74) is 6.17. The fourth-order valence-corrected chi connectivity index (χ4v) is 4.09. The molecular weight excluding hydrogens is 430 g/mol. The van der Waals surface area contributed by atoms with Crippen molar-refractivity contribution in [3.8, 4) is 5.75 Å². The van der Waals surface area contributed by atoms with Gasteiger partial charge in [0, 0.05) is 35.1 Å². The van der Waals surface area contributed by atoms with E-state index in [0.29, 0.717) is 12.2 Å². The van der Waals surface area contributed by atoms with E-state index in [4.69, 9.17) is 19.2 Å². The van der Waals surface area contributed by atoms with Crippen molar-refractivity contribution in [2.45, 2.75) is 72.6 Å². The van der Waals surface area contributed by atoms with Gasteiger partial charge < -0.3 is 24.5 Å². The van der Waals surface area contributed by atoms with Crippen molar-refractivity contribution in [3.05, 3.63) is 64.3 Å². The summed E-state index contributed by atoms with van der Waals surface area (Å²) in [7, 11) is 0. The van der Waals surface area contributed by atoms with Crippen LogP contribution in [0.4, 0.5) is 10.5 Å². The molecule has 2 aromatic rings. The molecule has 4 rings (SSSR count). The minimum absolute atomic E-state index is 0.0261. The summed E-state index contributed by atoms with van der Waals surface area (Å²) in [5, 5.41) is 3.51. The van der Waals surface area contributed by atoms with Crippen LogP contribution in [0, 0.1) is 13.8 Å². The maximum atomic E-state index is 12.2. The Bertz CT molecular complexity index is 1190. The van der Waals surface area contributed by atoms with Crippen LogP contribution in [-0.2, 0) is 15.9 Å². The van der Waals surface area contributed by atoms with Crippen LogP contribution in [0.1, 0.15) is 57.1 Å². The first-order chi connectivity index (χ1) is 16.0. The van der Waals surface area contributed by atoms with Crippen molar-refractivity contribution in [3.63, 3.8) is 0 Å². The van der Waals surface area contributed by atoms with Crippen LogP contribution in [0.2, 0.25) is 0 Å². The van der Waals surface area contributed by atoms with Crippen molar-refractivity contribution in [1.82, 2.24) is 4.98 Å². The molecule has 7 heteroatoms. The molecule has 0 radical (unpaired) electrons. The van der Waals surface area contributed by atoms with Crippen LogP contribution in [-0.4, -0.2) is 34.6 Å². The van der Waals surface area contributed by atoms with Crippen molar-refractivity contribution in [1.29, 1.82) is 0 Å². The molecule has 1 aromatic heterocycles. The van der Waals surface area contributed by atoms with E-state index in [0.717, 1.165) is 45.4 Å². The summed E-state index contributed by atoms with van der Waals surface area (Å²) in [6.45, 7) is 13.5. The molecule has 0 fully saturated rings. The lowest BCUT2D eigenvalue weighted by Gasteiger charge is -2.19. The highest BCUT2D eigenvalue weighted by molar-refractivity contribution is 6.06. The molecule has 0 spiro atoms. The standard InChI is InChI=1S/C27H33N3O4/c1-15(2)32-25-14-22(30-23(25)13-20-16(3)11-17(4)28-20)21-12-18-19(29-21)9-8-10-24(18)33-26(31)34-27(5,6)7/h8-11,13-15,21,28-29H,12H2,1-7H3/b23-13-. The Balaban J connectivity index is 1.58. The van der Waals surface area contributed by atoms with Crippen LogP contribution in [0.25, 0.3) is 6.08 Å². The Kier molecular flexibility index (Phi) is 6.30. The van der Waals surface area contributed by atoms with E-state index in [2.05, 4.69) is 23.3 Å². The van der Waals surface area contributed by atoms with Gasteiger partial charge in [-0.2, -0.15) is 0 Å². The normalized spacial score (nSPS) is 18.5. The lowest BCUT2D eigenvalue weighted by Crippen LogP contribution is -2.26. The summed E-state index contributed by atoms with van der Waals surface area (Å²) in [5.74, 6) is 1.25. The number of aliphatic imine (C=N–C) groups is 1. The van der Waals surface area contributed by atoms with E-state index >= 15 is 0 Å². The number of nitrogens with one attached hydrogen (secondary N) is 2. The van der Waals surface area contributed by atoms with E-state index < -0.39 is 11.8 Å². The molecular formula is C27H33N3O4. The highest BCUT2D eigenvalue weighted by atomic mass is 16.7. The molecule has 0 saturated carbocycles. The maximum absolute atomic E-state index is 12.2. The molecule has 2 aliphatic heterocycles. The third kappa shape index (κ3) is 5.35. The van der Waals surface area contributed by atoms with Crippen molar-refractivity contribution >= 4 is 23.6 Å². The van der Waals surface area contributed by atoms with Gasteiger partial charge in [-0.05, 0) is 78.3 Å². The van der Waals surface area contributed by atoms with Crippen molar-refractivity contribution in [2.24, 2.45) is 4.99 Å². The Morgan fingerprint density at radius 3 is 2.65 bits per heavy atom. The fraction of sp³-hybridized carbons (Fsp3) is 0.407. The number of aryl methyl sites for hydroxylation is 2. The predicted molar refractivity (Wildman–Crippen MR) is 134 cm³/mol. The largest absolute Gasteiger partial charge is 0.514 e. The lowest BCUT2D eigenvalue weighted by atomic mass is 10.1. The Hall–Kier alpha value is -3.48. The minimum Gasteiger partial charge on any atom is -0.489 e. The average molecular weight is 464 g/mol. The van der Waals surface area contributed by atoms with Gasteiger partial charge in [-0.1, -0.05) is 6.07 Å². The van der Waals surface area contributed by atoms with E-state index in [1.54, 1.807) is 6.07 Å². The number of aromatic nitrogens is 1. The van der Waals surface area contributed by atoms with Gasteiger partial charge >= 0.3 is 6.16 Å². The SMILES string of the molecule is Cc1cc(C)c(/C=C2\N=C(C3Cc4c(cccc4OC(=O)OC(C)(C)C)N3)C=C2OC(C)C)[nH]1. The first kappa shape index (κ1) is 23.7. The number of aromatic amines is 1. The first-order valence-corrected chi connectivity index (χ1v) is 11.6. The quantitative estimate of drug-likeness (QED) is 0.414. The Morgan fingerprint density at radius 1 is 1.24 bits per heavy atom. The fourth-order valence-electron chi connectivity index (χ4n) is 4.09. The third-order valence-electron chi connectivity index (χ3n) is 5.43. The third-order valence-corrected chi connectivity index (χ3v) is 5.43. The molecule has 180 valence electrons. The number of hydrogen-bond acceptors (Lipinski definition) is 6. The van der Waals surface area contributed by atoms with Crippen LogP contribution in [0.5, 0.6) is 5.75 Å².